The highest BCUT2D eigenvalue weighted by molar-refractivity contribution is 7.92. The number of carbonyl (C=O) groups excluding carboxylic acids is 1. The number of sulfone groups is 1. The van der Waals surface area contributed by atoms with Gasteiger partial charge in [-0.25, -0.2) is 8.42 Å². The zero-order valence-corrected chi connectivity index (χ0v) is 13.9. The molecular formula is C15H18ClNO4S. The first-order valence-electron chi connectivity index (χ1n) is 7.26. The van der Waals surface area contributed by atoms with Crippen molar-refractivity contribution in [3.8, 4) is 0 Å². The smallest absolute Gasteiger partial charge is 0.255 e. The standard InChI is InChI=1S/C15H18ClNO4S/c1-10-2-3-11(12(16)8-10)15(18)17-5-7-22(19,20)14-9-21-6-4-13(14)17/h2-3,8,13-14H,4-7,9H2,1H3. The number of carbonyl (C=O) groups is 1. The quantitative estimate of drug-likeness (QED) is 0.778. The van der Waals surface area contributed by atoms with Crippen LogP contribution in [0.4, 0.5) is 0 Å². The molecule has 0 saturated carbocycles. The van der Waals surface area contributed by atoms with Crippen LogP contribution in [0.3, 0.4) is 0 Å². The maximum atomic E-state index is 12.8. The van der Waals surface area contributed by atoms with Crippen LogP contribution in [0.15, 0.2) is 18.2 Å². The number of hydrogen-bond donors (Lipinski definition) is 0. The van der Waals surface area contributed by atoms with Crippen LogP contribution < -0.4 is 0 Å². The summed E-state index contributed by atoms with van der Waals surface area (Å²) in [6.45, 7) is 2.76. The molecule has 2 heterocycles. The molecule has 22 heavy (non-hydrogen) atoms. The van der Waals surface area contributed by atoms with Crippen molar-refractivity contribution < 1.29 is 17.9 Å². The third kappa shape index (κ3) is 2.75. The van der Waals surface area contributed by atoms with Gasteiger partial charge in [0.25, 0.3) is 5.91 Å². The number of hydrogen-bond acceptors (Lipinski definition) is 4. The fraction of sp³-hybridized carbons (Fsp3) is 0.533. The van der Waals surface area contributed by atoms with Crippen molar-refractivity contribution in [3.05, 3.63) is 34.3 Å². The minimum atomic E-state index is -3.20. The highest BCUT2D eigenvalue weighted by Crippen LogP contribution is 2.29. The predicted molar refractivity (Wildman–Crippen MR) is 84.0 cm³/mol. The summed E-state index contributed by atoms with van der Waals surface area (Å²) in [5.41, 5.74) is 1.41. The minimum absolute atomic E-state index is 0.0211. The largest absolute Gasteiger partial charge is 0.380 e. The monoisotopic (exact) mass is 343 g/mol. The molecule has 2 aliphatic heterocycles. The number of aryl methyl sites for hydroxylation is 1. The Kier molecular flexibility index (Phi) is 4.18. The first-order valence-corrected chi connectivity index (χ1v) is 9.36. The molecule has 2 unspecified atom stereocenters. The van der Waals surface area contributed by atoms with Crippen molar-refractivity contribution in [3.63, 3.8) is 0 Å². The first-order chi connectivity index (χ1) is 10.4. The Bertz CT molecular complexity index is 703. The van der Waals surface area contributed by atoms with Crippen LogP contribution >= 0.6 is 11.6 Å². The zero-order valence-electron chi connectivity index (χ0n) is 12.3. The van der Waals surface area contributed by atoms with Gasteiger partial charge in [-0.05, 0) is 31.0 Å². The molecule has 1 aromatic rings. The Balaban J connectivity index is 1.92. The van der Waals surface area contributed by atoms with Gasteiger partial charge in [0, 0.05) is 13.2 Å². The Hall–Kier alpha value is -1.11. The van der Waals surface area contributed by atoms with E-state index in [1.807, 2.05) is 13.0 Å². The highest BCUT2D eigenvalue weighted by Gasteiger charge is 2.45. The van der Waals surface area contributed by atoms with Crippen molar-refractivity contribution >= 4 is 27.3 Å². The van der Waals surface area contributed by atoms with Gasteiger partial charge in [0.1, 0.15) is 5.25 Å². The SMILES string of the molecule is Cc1ccc(C(=O)N2CCS(=O)(=O)C3COCCC32)c(Cl)c1. The van der Waals surface area contributed by atoms with Gasteiger partial charge in [-0.3, -0.25) is 4.79 Å². The van der Waals surface area contributed by atoms with Crippen molar-refractivity contribution in [1.29, 1.82) is 0 Å². The number of rotatable bonds is 1. The van der Waals surface area contributed by atoms with Crippen molar-refractivity contribution in [2.45, 2.75) is 24.6 Å². The number of fused-ring (bicyclic) bond motifs is 1. The average Bonchev–Trinajstić information content (AvgIpc) is 2.47. The Morgan fingerprint density at radius 3 is 2.91 bits per heavy atom. The van der Waals surface area contributed by atoms with E-state index < -0.39 is 15.1 Å². The number of nitrogens with zero attached hydrogens (tertiary/aromatic N) is 1. The molecule has 0 radical (unpaired) electrons. The highest BCUT2D eigenvalue weighted by atomic mass is 35.5. The third-order valence-corrected chi connectivity index (χ3v) is 6.80. The van der Waals surface area contributed by atoms with Gasteiger partial charge in [0.15, 0.2) is 9.84 Å². The van der Waals surface area contributed by atoms with E-state index in [4.69, 9.17) is 16.3 Å². The molecule has 0 spiro atoms. The maximum Gasteiger partial charge on any atom is 0.255 e. The van der Waals surface area contributed by atoms with E-state index in [2.05, 4.69) is 0 Å². The fourth-order valence-corrected chi connectivity index (χ4v) is 5.28. The van der Waals surface area contributed by atoms with Crippen molar-refractivity contribution in [2.24, 2.45) is 0 Å². The molecule has 0 aliphatic carbocycles. The summed E-state index contributed by atoms with van der Waals surface area (Å²) >= 11 is 6.18. The maximum absolute atomic E-state index is 12.8. The molecule has 0 aromatic heterocycles. The zero-order chi connectivity index (χ0) is 15.9. The van der Waals surface area contributed by atoms with Crippen LogP contribution in [0.1, 0.15) is 22.3 Å². The van der Waals surface area contributed by atoms with Gasteiger partial charge in [-0.15, -0.1) is 0 Å². The minimum Gasteiger partial charge on any atom is -0.380 e. The predicted octanol–water partition coefficient (Wildman–Crippen LogP) is 1.68. The van der Waals surface area contributed by atoms with E-state index in [0.29, 0.717) is 23.6 Å². The first kappa shape index (κ1) is 15.8. The summed E-state index contributed by atoms with van der Waals surface area (Å²) < 4.78 is 29.7. The number of benzene rings is 1. The van der Waals surface area contributed by atoms with E-state index in [-0.39, 0.29) is 30.9 Å². The lowest BCUT2D eigenvalue weighted by Crippen LogP contribution is -2.60. The second kappa shape index (κ2) is 5.83. The third-order valence-electron chi connectivity index (χ3n) is 4.36. The molecule has 120 valence electrons. The Labute approximate surface area is 135 Å². The number of amides is 1. The summed E-state index contributed by atoms with van der Waals surface area (Å²) in [6, 6.07) is 4.97. The molecule has 2 aliphatic rings. The van der Waals surface area contributed by atoms with Crippen molar-refractivity contribution in [2.75, 3.05) is 25.5 Å². The second-order valence-electron chi connectivity index (χ2n) is 5.82. The van der Waals surface area contributed by atoms with E-state index in [1.165, 1.54) is 0 Å². The van der Waals surface area contributed by atoms with Crippen LogP contribution in [-0.4, -0.2) is 56.0 Å². The molecule has 2 fully saturated rings. The summed E-state index contributed by atoms with van der Waals surface area (Å²) in [6.07, 6.45) is 0.541. The summed E-state index contributed by atoms with van der Waals surface area (Å²) in [7, 11) is -3.20. The number of ether oxygens (including phenoxy) is 1. The van der Waals surface area contributed by atoms with Gasteiger partial charge >= 0.3 is 0 Å². The lowest BCUT2D eigenvalue weighted by molar-refractivity contribution is 0.0294. The molecule has 1 amide bonds. The van der Waals surface area contributed by atoms with E-state index in [1.54, 1.807) is 17.0 Å². The van der Waals surface area contributed by atoms with Gasteiger partial charge < -0.3 is 9.64 Å². The molecule has 5 nitrogen and oxygen atoms in total. The van der Waals surface area contributed by atoms with Crippen LogP contribution in [0, 0.1) is 6.92 Å². The Morgan fingerprint density at radius 2 is 2.18 bits per heavy atom. The summed E-state index contributed by atoms with van der Waals surface area (Å²) in [5, 5.41) is -0.217. The fourth-order valence-electron chi connectivity index (χ4n) is 3.14. The van der Waals surface area contributed by atoms with Gasteiger partial charge in [0.05, 0.1) is 29.0 Å². The lowest BCUT2D eigenvalue weighted by atomic mass is 10.0. The molecule has 3 rings (SSSR count). The Morgan fingerprint density at radius 1 is 1.41 bits per heavy atom. The summed E-state index contributed by atoms with van der Waals surface area (Å²) in [4.78, 5) is 14.5. The molecule has 1 aromatic carbocycles. The molecule has 2 atom stereocenters. The summed E-state index contributed by atoms with van der Waals surface area (Å²) in [5.74, 6) is -0.218. The molecule has 2 saturated heterocycles. The lowest BCUT2D eigenvalue weighted by Gasteiger charge is -2.43. The topological polar surface area (TPSA) is 63.7 Å². The second-order valence-corrected chi connectivity index (χ2v) is 8.56. The normalized spacial score (nSPS) is 27.3. The van der Waals surface area contributed by atoms with E-state index >= 15 is 0 Å². The van der Waals surface area contributed by atoms with Crippen LogP contribution in [0.2, 0.25) is 5.02 Å². The molecule has 0 N–H and O–H groups in total. The van der Waals surface area contributed by atoms with Crippen molar-refractivity contribution in [1.82, 2.24) is 4.90 Å². The average molecular weight is 344 g/mol. The van der Waals surface area contributed by atoms with Gasteiger partial charge in [-0.2, -0.15) is 0 Å². The van der Waals surface area contributed by atoms with Gasteiger partial charge in [0.2, 0.25) is 0 Å². The molecule has 7 heteroatoms. The van der Waals surface area contributed by atoms with Crippen LogP contribution in [0.5, 0.6) is 0 Å². The molecular weight excluding hydrogens is 326 g/mol. The van der Waals surface area contributed by atoms with Gasteiger partial charge in [-0.1, -0.05) is 17.7 Å². The van der Waals surface area contributed by atoms with E-state index in [0.717, 1.165) is 5.56 Å². The van der Waals surface area contributed by atoms with Crippen LogP contribution in [-0.2, 0) is 14.6 Å². The molecule has 0 bridgehead atoms. The number of halogens is 1. The van der Waals surface area contributed by atoms with E-state index in [9.17, 15) is 13.2 Å². The van der Waals surface area contributed by atoms with Crippen LogP contribution in [0.25, 0.3) is 0 Å².